The van der Waals surface area contributed by atoms with Gasteiger partial charge in [-0.1, -0.05) is 105 Å². The maximum absolute atomic E-state index is 11.8. The van der Waals surface area contributed by atoms with Gasteiger partial charge in [0, 0.05) is 23.8 Å². The van der Waals surface area contributed by atoms with Crippen LogP contribution in [0.2, 0.25) is 0 Å². The highest BCUT2D eigenvalue weighted by atomic mass is 35.7. The average Bonchev–Trinajstić information content (AvgIpc) is 3.10. The lowest BCUT2D eigenvalue weighted by Crippen LogP contribution is -2.60. The molecule has 2 aliphatic rings. The maximum Gasteiger partial charge on any atom is 0.148 e. The minimum atomic E-state index is -4.65. The normalized spacial score (nSPS) is 20.1. The van der Waals surface area contributed by atoms with Crippen LogP contribution in [0, 0.1) is 10.2 Å². The molecule has 0 saturated carbocycles. The molecule has 3 aromatic rings. The molecule has 5 rings (SSSR count). The summed E-state index contributed by atoms with van der Waals surface area (Å²) in [5.74, 6) is 0. The molecule has 2 aliphatic heterocycles. The number of para-hydroxylation sites is 1. The smallest absolute Gasteiger partial charge is 0.148 e. The topological polar surface area (TPSA) is 81.7 Å². The zero-order valence-corrected chi connectivity index (χ0v) is 22.9. The van der Waals surface area contributed by atoms with Gasteiger partial charge < -0.3 is 4.90 Å². The molecule has 0 aromatic heterocycles. The maximum atomic E-state index is 11.8. The van der Waals surface area contributed by atoms with Gasteiger partial charge in [-0.3, -0.25) is 0 Å². The van der Waals surface area contributed by atoms with Gasteiger partial charge in [-0.15, -0.1) is 0 Å². The molecule has 1 unspecified atom stereocenters. The highest BCUT2D eigenvalue weighted by molar-refractivity contribution is 8.20. The van der Waals surface area contributed by atoms with Crippen LogP contribution in [0.15, 0.2) is 127 Å². The number of fused-ring (bicyclic) bond motifs is 1. The molecule has 194 valence electrons. The Morgan fingerprint density at radius 2 is 1.42 bits per heavy atom. The third-order valence-electron chi connectivity index (χ3n) is 6.73. The van der Waals surface area contributed by atoms with Crippen molar-refractivity contribution in [3.8, 4) is 0 Å². The van der Waals surface area contributed by atoms with Crippen molar-refractivity contribution in [1.29, 1.82) is 0 Å². The molecule has 0 spiro atoms. The summed E-state index contributed by atoms with van der Waals surface area (Å²) in [7, 11) is -4.01. The first-order valence-electron chi connectivity index (χ1n) is 12.1. The van der Waals surface area contributed by atoms with E-state index in [4.69, 9.17) is 3.74 Å². The van der Waals surface area contributed by atoms with Gasteiger partial charge in [0.1, 0.15) is 14.5 Å². The molecular formula is C31H28ClNO4S. The van der Waals surface area contributed by atoms with E-state index < -0.39 is 21.0 Å². The van der Waals surface area contributed by atoms with E-state index in [-0.39, 0.29) is 5.41 Å². The minimum absolute atomic E-state index is 0.148. The number of likely N-dealkylation sites (N-methyl/N-ethyl adjacent to an activating group) is 1. The van der Waals surface area contributed by atoms with Crippen molar-refractivity contribution in [1.82, 2.24) is 0 Å². The Morgan fingerprint density at radius 3 is 2.05 bits per heavy atom. The fourth-order valence-electron chi connectivity index (χ4n) is 4.95. The number of benzene rings is 3. The molecule has 2 heterocycles. The van der Waals surface area contributed by atoms with Crippen LogP contribution in [0.5, 0.6) is 0 Å². The summed E-state index contributed by atoms with van der Waals surface area (Å²) >= 11 is 0. The number of nitrogens with zero attached hydrogens (tertiary/aromatic N) is 1. The van der Waals surface area contributed by atoms with Gasteiger partial charge in [0.15, 0.2) is 0 Å². The van der Waals surface area contributed by atoms with Crippen LogP contribution in [0.25, 0.3) is 4.91 Å². The van der Waals surface area contributed by atoms with Crippen molar-refractivity contribution < 1.29 is 28.0 Å². The monoisotopic (exact) mass is 545 g/mol. The third kappa shape index (κ3) is 5.33. The van der Waals surface area contributed by atoms with Crippen LogP contribution in [-0.2, 0) is 9.15 Å². The quantitative estimate of drug-likeness (QED) is 0.435. The molecule has 0 saturated heterocycles. The zero-order valence-electron chi connectivity index (χ0n) is 21.3. The van der Waals surface area contributed by atoms with Crippen molar-refractivity contribution in [3.05, 3.63) is 143 Å². The molecule has 0 aliphatic carbocycles. The highest BCUT2D eigenvalue weighted by Crippen LogP contribution is 2.47. The number of rotatable bonds is 6. The first-order valence-corrected chi connectivity index (χ1v) is 14.5. The molecular weight excluding hydrogens is 518 g/mol. The Kier molecular flexibility index (Phi) is 7.29. The summed E-state index contributed by atoms with van der Waals surface area (Å²) in [6.45, 7) is 4.43. The highest BCUT2D eigenvalue weighted by Gasteiger charge is 2.37. The lowest BCUT2D eigenvalue weighted by molar-refractivity contribution is -1.91. The summed E-state index contributed by atoms with van der Waals surface area (Å²) < 4.78 is 40.4. The average molecular weight is 546 g/mol. The molecule has 3 aromatic carbocycles. The van der Waals surface area contributed by atoms with Crippen molar-refractivity contribution in [2.45, 2.75) is 19.3 Å². The second-order valence-electron chi connectivity index (χ2n) is 9.57. The standard InChI is InChI=1S/C31H28ClNO4S/c1-31(2)26-18-10-11-19-27(26)33(3)30(31)20-12-13-23-21-28(24-14-6-4-7-15-24)38(37-32(34,35)36)29(22-23)25-16-8-5-9-17-25/h4-22H,1-3H3. The van der Waals surface area contributed by atoms with Crippen molar-refractivity contribution >= 4 is 26.2 Å². The van der Waals surface area contributed by atoms with E-state index in [0.717, 1.165) is 16.7 Å². The zero-order chi connectivity index (χ0) is 26.9. The van der Waals surface area contributed by atoms with Crippen LogP contribution in [0.4, 0.5) is 5.69 Å². The van der Waals surface area contributed by atoms with Gasteiger partial charge in [-0.05, 0) is 46.6 Å². The van der Waals surface area contributed by atoms with E-state index in [1.807, 2.05) is 85.0 Å². The lowest BCUT2D eigenvalue weighted by Gasteiger charge is -2.23. The van der Waals surface area contributed by atoms with Crippen LogP contribution >= 0.6 is 10.8 Å². The van der Waals surface area contributed by atoms with Crippen LogP contribution in [0.3, 0.4) is 0 Å². The first-order chi connectivity index (χ1) is 18.1. The fraction of sp³-hybridized carbons (Fsp3) is 0.129. The van der Waals surface area contributed by atoms with Gasteiger partial charge in [0.2, 0.25) is 0 Å². The van der Waals surface area contributed by atoms with E-state index in [2.05, 4.69) is 56.1 Å². The Labute approximate surface area is 228 Å². The van der Waals surface area contributed by atoms with E-state index in [1.165, 1.54) is 16.9 Å². The Morgan fingerprint density at radius 1 is 0.816 bits per heavy atom. The van der Waals surface area contributed by atoms with E-state index >= 15 is 0 Å². The Balaban J connectivity index is 1.60. The predicted octanol–water partition coefficient (Wildman–Crippen LogP) is 4.15. The molecule has 7 heteroatoms. The molecule has 1 atom stereocenters. The molecule has 0 bridgehead atoms. The molecule has 5 nitrogen and oxygen atoms in total. The minimum Gasteiger partial charge on any atom is -0.347 e. The second kappa shape index (κ2) is 10.5. The van der Waals surface area contributed by atoms with Crippen LogP contribution in [-0.4, -0.2) is 11.9 Å². The van der Waals surface area contributed by atoms with Crippen molar-refractivity contribution in [3.63, 3.8) is 0 Å². The summed E-state index contributed by atoms with van der Waals surface area (Å²) in [6, 6.07) is 27.2. The molecule has 0 N–H and O–H groups in total. The number of allylic oxidation sites excluding steroid dienone is 7. The van der Waals surface area contributed by atoms with Gasteiger partial charge in [-0.2, -0.15) is 14.0 Å². The van der Waals surface area contributed by atoms with Gasteiger partial charge in [-0.25, -0.2) is 0 Å². The first kappa shape index (κ1) is 26.4. The van der Waals surface area contributed by atoms with Crippen LogP contribution < -0.4 is 18.9 Å². The SMILES string of the molecule is CN1C(=CC=CC2=CC(c3ccccc3)=S(O[Cl+3]([O-])([O-])[O-])C(c3ccccc3)=C2)C(C)(C)c2ccccc21. The number of hydrogen-bond acceptors (Lipinski definition) is 5. The lowest BCUT2D eigenvalue weighted by atomic mass is 9.84. The summed E-state index contributed by atoms with van der Waals surface area (Å²) in [5.41, 5.74) is 5.93. The second-order valence-corrected chi connectivity index (χ2v) is 12.2. The summed E-state index contributed by atoms with van der Waals surface area (Å²) in [5, 5.41) is 0. The van der Waals surface area contributed by atoms with E-state index in [9.17, 15) is 14.0 Å². The predicted molar refractivity (Wildman–Crippen MR) is 147 cm³/mol. The molecule has 0 radical (unpaired) electrons. The molecule has 0 fully saturated rings. The molecule has 0 amide bonds. The number of hydrogen-bond donors (Lipinski definition) is 0. The van der Waals surface area contributed by atoms with Crippen LogP contribution in [0.1, 0.15) is 30.5 Å². The third-order valence-corrected chi connectivity index (χ3v) is 9.36. The molecule has 38 heavy (non-hydrogen) atoms. The van der Waals surface area contributed by atoms with Gasteiger partial charge in [0.25, 0.3) is 0 Å². The Hall–Kier alpha value is -3.23. The van der Waals surface area contributed by atoms with Crippen molar-refractivity contribution in [2.24, 2.45) is 0 Å². The van der Waals surface area contributed by atoms with E-state index in [0.29, 0.717) is 9.77 Å². The van der Waals surface area contributed by atoms with E-state index in [1.54, 1.807) is 0 Å². The van der Waals surface area contributed by atoms with Crippen molar-refractivity contribution in [2.75, 3.05) is 11.9 Å². The Bertz CT molecular complexity index is 1500. The van der Waals surface area contributed by atoms with Gasteiger partial charge >= 0.3 is 0 Å². The largest absolute Gasteiger partial charge is 0.347 e. The summed E-state index contributed by atoms with van der Waals surface area (Å²) in [4.78, 5) is 3.46. The van der Waals surface area contributed by atoms with Gasteiger partial charge in [0.05, 0.1) is 20.0 Å². The fourth-order valence-corrected chi connectivity index (χ4v) is 7.53. The number of halogens is 1. The number of anilines is 1. The summed E-state index contributed by atoms with van der Waals surface area (Å²) in [6.07, 6.45) is 9.90.